The first-order chi connectivity index (χ1) is 11.6. The summed E-state index contributed by atoms with van der Waals surface area (Å²) < 4.78 is 19.0. The van der Waals surface area contributed by atoms with Crippen LogP contribution in [0.3, 0.4) is 0 Å². The molecular weight excluding hydrogens is 311 g/mol. The highest BCUT2D eigenvalue weighted by atomic mass is 19.1. The van der Waals surface area contributed by atoms with Crippen molar-refractivity contribution in [3.63, 3.8) is 0 Å². The van der Waals surface area contributed by atoms with E-state index in [-0.39, 0.29) is 18.1 Å². The number of para-hydroxylation sites is 1. The Bertz CT molecular complexity index is 866. The summed E-state index contributed by atoms with van der Waals surface area (Å²) in [5.41, 5.74) is 1.75. The van der Waals surface area contributed by atoms with Gasteiger partial charge in [0.2, 0.25) is 0 Å². The van der Waals surface area contributed by atoms with E-state index >= 15 is 0 Å². The van der Waals surface area contributed by atoms with Crippen LogP contribution in [0.25, 0.3) is 11.3 Å². The Morgan fingerprint density at radius 3 is 2.62 bits per heavy atom. The smallest absolute Gasteiger partial charge is 0.356 e. The van der Waals surface area contributed by atoms with Crippen LogP contribution in [-0.4, -0.2) is 21.0 Å². The van der Waals surface area contributed by atoms with Crippen LogP contribution in [0.1, 0.15) is 16.1 Å². The molecular formula is C18H13FN2O3. The molecule has 2 aromatic carbocycles. The molecule has 1 aromatic heterocycles. The molecule has 0 unspecified atom stereocenters. The zero-order chi connectivity index (χ0) is 16.9. The molecule has 0 radical (unpaired) electrons. The molecule has 0 spiro atoms. The third kappa shape index (κ3) is 3.55. The average molecular weight is 324 g/mol. The SMILES string of the molecule is O=C(O)c1cnc(-c2ccccc2OCc2cccc(F)c2)cn1. The number of nitrogens with zero attached hydrogens (tertiary/aromatic N) is 2. The van der Waals surface area contributed by atoms with Crippen molar-refractivity contribution in [3.05, 3.63) is 78.0 Å². The number of halogens is 1. The molecule has 6 heteroatoms. The van der Waals surface area contributed by atoms with Gasteiger partial charge in [0.1, 0.15) is 18.2 Å². The molecule has 120 valence electrons. The normalized spacial score (nSPS) is 10.4. The summed E-state index contributed by atoms with van der Waals surface area (Å²) in [5.74, 6) is -0.900. The van der Waals surface area contributed by atoms with Crippen molar-refractivity contribution in [3.8, 4) is 17.0 Å². The van der Waals surface area contributed by atoms with Crippen LogP contribution in [0.4, 0.5) is 4.39 Å². The Morgan fingerprint density at radius 2 is 1.92 bits per heavy atom. The van der Waals surface area contributed by atoms with E-state index in [0.717, 1.165) is 0 Å². The fourth-order valence-electron chi connectivity index (χ4n) is 2.17. The first kappa shape index (κ1) is 15.6. The molecule has 0 fully saturated rings. The van der Waals surface area contributed by atoms with Gasteiger partial charge in [0, 0.05) is 5.56 Å². The standard InChI is InChI=1S/C18H13FN2O3/c19-13-5-3-4-12(8-13)11-24-17-7-2-1-6-14(17)15-9-21-16(10-20-15)18(22)23/h1-10H,11H2,(H,22,23). The van der Waals surface area contributed by atoms with Crippen LogP contribution in [0.2, 0.25) is 0 Å². The number of aromatic nitrogens is 2. The van der Waals surface area contributed by atoms with E-state index in [4.69, 9.17) is 9.84 Å². The van der Waals surface area contributed by atoms with Gasteiger partial charge >= 0.3 is 5.97 Å². The van der Waals surface area contributed by atoms with Crippen molar-refractivity contribution in [1.82, 2.24) is 9.97 Å². The molecule has 0 aliphatic heterocycles. The Labute approximate surface area is 137 Å². The third-order valence-electron chi connectivity index (χ3n) is 3.32. The van der Waals surface area contributed by atoms with Crippen LogP contribution in [-0.2, 0) is 6.61 Å². The minimum absolute atomic E-state index is 0.128. The number of carboxylic acid groups (broad SMARTS) is 1. The second-order valence-corrected chi connectivity index (χ2v) is 5.01. The Hall–Kier alpha value is -3.28. The molecule has 5 nitrogen and oxygen atoms in total. The van der Waals surface area contributed by atoms with Crippen LogP contribution in [0.5, 0.6) is 5.75 Å². The summed E-state index contributed by atoms with van der Waals surface area (Å²) in [6.07, 6.45) is 2.58. The van der Waals surface area contributed by atoms with Gasteiger partial charge in [-0.1, -0.05) is 24.3 Å². The summed E-state index contributed by atoms with van der Waals surface area (Å²) in [6.45, 7) is 0.204. The quantitative estimate of drug-likeness (QED) is 0.777. The monoisotopic (exact) mass is 324 g/mol. The molecule has 0 atom stereocenters. The van der Waals surface area contributed by atoms with Gasteiger partial charge in [-0.05, 0) is 29.8 Å². The van der Waals surface area contributed by atoms with E-state index < -0.39 is 5.97 Å². The molecule has 3 aromatic rings. The predicted octanol–water partition coefficient (Wildman–Crippen LogP) is 3.56. The summed E-state index contributed by atoms with van der Waals surface area (Å²) in [5, 5.41) is 8.88. The number of rotatable bonds is 5. The van der Waals surface area contributed by atoms with Gasteiger partial charge in [-0.25, -0.2) is 14.2 Å². The first-order valence-corrected chi connectivity index (χ1v) is 7.15. The number of aromatic carboxylic acids is 1. The van der Waals surface area contributed by atoms with E-state index in [1.165, 1.54) is 24.5 Å². The van der Waals surface area contributed by atoms with E-state index in [2.05, 4.69) is 9.97 Å². The maximum Gasteiger partial charge on any atom is 0.356 e. The zero-order valence-electron chi connectivity index (χ0n) is 12.5. The van der Waals surface area contributed by atoms with Crippen molar-refractivity contribution in [2.24, 2.45) is 0 Å². The number of hydrogen-bond acceptors (Lipinski definition) is 4. The largest absolute Gasteiger partial charge is 0.488 e. The maximum atomic E-state index is 13.2. The molecule has 1 N–H and O–H groups in total. The van der Waals surface area contributed by atoms with Crippen molar-refractivity contribution in [2.45, 2.75) is 6.61 Å². The van der Waals surface area contributed by atoms with E-state index in [1.54, 1.807) is 24.3 Å². The average Bonchev–Trinajstić information content (AvgIpc) is 2.60. The van der Waals surface area contributed by atoms with Crippen molar-refractivity contribution in [2.75, 3.05) is 0 Å². The van der Waals surface area contributed by atoms with Crippen LogP contribution < -0.4 is 4.74 Å². The number of carbonyl (C=O) groups is 1. The highest BCUT2D eigenvalue weighted by Crippen LogP contribution is 2.28. The van der Waals surface area contributed by atoms with Crippen LogP contribution in [0, 0.1) is 5.82 Å². The van der Waals surface area contributed by atoms with Gasteiger partial charge in [-0.2, -0.15) is 0 Å². The Morgan fingerprint density at radius 1 is 1.08 bits per heavy atom. The second kappa shape index (κ2) is 6.87. The highest BCUT2D eigenvalue weighted by molar-refractivity contribution is 5.85. The predicted molar refractivity (Wildman–Crippen MR) is 85.2 cm³/mol. The van der Waals surface area contributed by atoms with Gasteiger partial charge in [0.05, 0.1) is 18.1 Å². The molecule has 1 heterocycles. The van der Waals surface area contributed by atoms with E-state index in [1.807, 2.05) is 12.1 Å². The minimum Gasteiger partial charge on any atom is -0.488 e. The van der Waals surface area contributed by atoms with Gasteiger partial charge in [-0.15, -0.1) is 0 Å². The van der Waals surface area contributed by atoms with E-state index in [9.17, 15) is 9.18 Å². The fourth-order valence-corrected chi connectivity index (χ4v) is 2.17. The van der Waals surface area contributed by atoms with Crippen molar-refractivity contribution >= 4 is 5.97 Å². The lowest BCUT2D eigenvalue weighted by molar-refractivity contribution is 0.0690. The lowest BCUT2D eigenvalue weighted by Crippen LogP contribution is -2.02. The Balaban J connectivity index is 1.83. The number of benzene rings is 2. The highest BCUT2D eigenvalue weighted by Gasteiger charge is 2.10. The van der Waals surface area contributed by atoms with Gasteiger partial charge in [0.25, 0.3) is 0 Å². The summed E-state index contributed by atoms with van der Waals surface area (Å²) in [7, 11) is 0. The molecule has 0 saturated heterocycles. The van der Waals surface area contributed by atoms with Crippen molar-refractivity contribution in [1.29, 1.82) is 0 Å². The van der Waals surface area contributed by atoms with Gasteiger partial charge < -0.3 is 9.84 Å². The molecule has 3 rings (SSSR count). The van der Waals surface area contributed by atoms with Crippen LogP contribution >= 0.6 is 0 Å². The minimum atomic E-state index is -1.13. The number of carboxylic acids is 1. The topological polar surface area (TPSA) is 72.3 Å². The fraction of sp³-hybridized carbons (Fsp3) is 0.0556. The summed E-state index contributed by atoms with van der Waals surface area (Å²) in [4.78, 5) is 18.8. The van der Waals surface area contributed by atoms with E-state index in [0.29, 0.717) is 22.6 Å². The number of ether oxygens (including phenoxy) is 1. The molecule has 0 bridgehead atoms. The first-order valence-electron chi connectivity index (χ1n) is 7.15. The molecule has 0 amide bonds. The van der Waals surface area contributed by atoms with Gasteiger partial charge in [0.15, 0.2) is 5.69 Å². The molecule has 0 saturated carbocycles. The lowest BCUT2D eigenvalue weighted by atomic mass is 10.1. The zero-order valence-corrected chi connectivity index (χ0v) is 12.5. The van der Waals surface area contributed by atoms with Gasteiger partial charge in [-0.3, -0.25) is 4.98 Å². The van der Waals surface area contributed by atoms with Crippen molar-refractivity contribution < 1.29 is 19.0 Å². The number of hydrogen-bond donors (Lipinski definition) is 1. The lowest BCUT2D eigenvalue weighted by Gasteiger charge is -2.11. The summed E-state index contributed by atoms with van der Waals surface area (Å²) >= 11 is 0. The summed E-state index contributed by atoms with van der Waals surface area (Å²) in [6, 6.07) is 13.4. The molecule has 24 heavy (non-hydrogen) atoms. The third-order valence-corrected chi connectivity index (χ3v) is 3.32. The maximum absolute atomic E-state index is 13.2. The van der Waals surface area contributed by atoms with Crippen LogP contribution in [0.15, 0.2) is 60.9 Å². The Kier molecular flexibility index (Phi) is 4.47. The molecule has 0 aliphatic carbocycles. The second-order valence-electron chi connectivity index (χ2n) is 5.01. The molecule has 0 aliphatic rings.